The first-order valence-electron chi connectivity index (χ1n) is 10.2. The highest BCUT2D eigenvalue weighted by atomic mass is 16.5. The van der Waals surface area contributed by atoms with Gasteiger partial charge < -0.3 is 14.4 Å². The summed E-state index contributed by atoms with van der Waals surface area (Å²) in [6.45, 7) is 1.75. The van der Waals surface area contributed by atoms with Gasteiger partial charge in [-0.05, 0) is 43.3 Å². The topological polar surface area (TPSA) is 113 Å². The molecular weight excluding hydrogens is 424 g/mol. The average Bonchev–Trinajstić information content (AvgIpc) is 3.36. The summed E-state index contributed by atoms with van der Waals surface area (Å²) in [5.41, 5.74) is 5.49. The maximum atomic E-state index is 13.2. The number of benzene rings is 2. The maximum Gasteiger partial charge on any atom is 0.335 e. The Labute approximate surface area is 189 Å². The van der Waals surface area contributed by atoms with Crippen molar-refractivity contribution in [3.05, 3.63) is 71.4 Å². The van der Waals surface area contributed by atoms with Gasteiger partial charge in [0.25, 0.3) is 5.91 Å². The van der Waals surface area contributed by atoms with Gasteiger partial charge in [0.15, 0.2) is 5.84 Å². The predicted molar refractivity (Wildman–Crippen MR) is 124 cm³/mol. The van der Waals surface area contributed by atoms with Crippen molar-refractivity contribution >= 4 is 46.3 Å². The van der Waals surface area contributed by atoms with Crippen molar-refractivity contribution in [3.8, 4) is 0 Å². The first kappa shape index (κ1) is 21.8. The van der Waals surface area contributed by atoms with E-state index in [2.05, 4.69) is 10.4 Å². The number of amidine groups is 1. The molecule has 1 aliphatic heterocycles. The Kier molecular flexibility index (Phi) is 5.70. The number of carboxylic acids is 1. The summed E-state index contributed by atoms with van der Waals surface area (Å²) in [4.78, 5) is 40.7. The molecule has 0 bridgehead atoms. The van der Waals surface area contributed by atoms with Gasteiger partial charge in [-0.25, -0.2) is 14.6 Å². The van der Waals surface area contributed by atoms with Crippen LogP contribution in [0.4, 0.5) is 5.69 Å². The molecule has 1 aliphatic rings. The van der Waals surface area contributed by atoms with Crippen LogP contribution >= 0.6 is 0 Å². The summed E-state index contributed by atoms with van der Waals surface area (Å²) in [6.07, 6.45) is 3.54. The van der Waals surface area contributed by atoms with E-state index in [0.717, 1.165) is 16.5 Å². The number of amides is 1. The second-order valence-electron chi connectivity index (χ2n) is 7.44. The zero-order chi connectivity index (χ0) is 23.7. The molecule has 0 spiro atoms. The second kappa shape index (κ2) is 8.62. The van der Waals surface area contributed by atoms with E-state index in [0.29, 0.717) is 17.1 Å². The third kappa shape index (κ3) is 3.84. The fourth-order valence-corrected chi connectivity index (χ4v) is 3.78. The van der Waals surface area contributed by atoms with E-state index in [1.54, 1.807) is 32.2 Å². The number of aliphatic imine (C=N–C) groups is 1. The van der Waals surface area contributed by atoms with Crippen molar-refractivity contribution in [2.45, 2.75) is 13.0 Å². The van der Waals surface area contributed by atoms with Gasteiger partial charge in [0.2, 0.25) is 0 Å². The zero-order valence-corrected chi connectivity index (χ0v) is 18.3. The fraction of sp³-hybridized carbons (Fsp3) is 0.167. The number of esters is 1. The van der Waals surface area contributed by atoms with E-state index in [1.165, 1.54) is 24.3 Å². The molecule has 1 unspecified atom stereocenters. The van der Waals surface area contributed by atoms with E-state index >= 15 is 0 Å². The standard InChI is InChI=1S/C24H22N4O5/c1-14(24(32)33-3)27-13-16(18-6-4-5-7-20(18)27)12-19-21(25-2)26-28(22(19)29)17-10-8-15(9-11-17)23(30)31/h4-14H,1-3H3,(H,25,26)(H,30,31). The number of ether oxygens (including phenoxy) is 1. The Morgan fingerprint density at radius 2 is 1.85 bits per heavy atom. The van der Waals surface area contributed by atoms with Gasteiger partial charge in [-0.15, -0.1) is 0 Å². The third-order valence-corrected chi connectivity index (χ3v) is 5.53. The van der Waals surface area contributed by atoms with Crippen LogP contribution in [0, 0.1) is 0 Å². The SMILES string of the molecule is CN=C1NN(c2ccc(C(=O)O)cc2)C(=O)C1=Cc1cn(C(C)C(=O)OC)c2ccccc12. The van der Waals surface area contributed by atoms with Crippen LogP contribution in [-0.2, 0) is 14.3 Å². The first-order chi connectivity index (χ1) is 15.8. The van der Waals surface area contributed by atoms with Crippen LogP contribution in [-0.4, -0.2) is 47.5 Å². The molecule has 1 atom stereocenters. The molecule has 168 valence electrons. The molecule has 9 nitrogen and oxygen atoms in total. The summed E-state index contributed by atoms with van der Waals surface area (Å²) >= 11 is 0. The first-order valence-corrected chi connectivity index (χ1v) is 10.2. The van der Waals surface area contributed by atoms with Crippen LogP contribution in [0.1, 0.15) is 28.9 Å². The van der Waals surface area contributed by atoms with E-state index in [-0.39, 0.29) is 17.4 Å². The normalized spacial score (nSPS) is 16.9. The quantitative estimate of drug-likeness (QED) is 0.460. The Hall–Kier alpha value is -4.40. The zero-order valence-electron chi connectivity index (χ0n) is 18.3. The number of hydrogen-bond acceptors (Lipinski definition) is 5. The molecule has 2 aromatic carbocycles. The van der Waals surface area contributed by atoms with Crippen molar-refractivity contribution in [2.24, 2.45) is 4.99 Å². The van der Waals surface area contributed by atoms with E-state index < -0.39 is 12.0 Å². The maximum absolute atomic E-state index is 13.2. The largest absolute Gasteiger partial charge is 0.478 e. The number of hydrazine groups is 1. The predicted octanol–water partition coefficient (Wildman–Crippen LogP) is 3.04. The molecule has 2 N–H and O–H groups in total. The van der Waals surface area contributed by atoms with Crippen LogP contribution in [0.25, 0.3) is 17.0 Å². The number of carbonyl (C=O) groups excluding carboxylic acids is 2. The smallest absolute Gasteiger partial charge is 0.335 e. The molecule has 1 aromatic heterocycles. The minimum atomic E-state index is -1.05. The van der Waals surface area contributed by atoms with Gasteiger partial charge >= 0.3 is 11.9 Å². The summed E-state index contributed by atoms with van der Waals surface area (Å²) in [5.74, 6) is -1.38. The number of aromatic nitrogens is 1. The molecule has 2 heterocycles. The molecule has 1 saturated heterocycles. The fourth-order valence-electron chi connectivity index (χ4n) is 3.78. The summed E-state index contributed by atoms with van der Waals surface area (Å²) in [5, 5.41) is 11.3. The number of methoxy groups -OCH3 is 1. The van der Waals surface area contributed by atoms with Crippen LogP contribution < -0.4 is 10.4 Å². The molecular formula is C24H22N4O5. The van der Waals surface area contributed by atoms with Crippen molar-refractivity contribution < 1.29 is 24.2 Å². The van der Waals surface area contributed by atoms with Crippen molar-refractivity contribution in [3.63, 3.8) is 0 Å². The molecule has 33 heavy (non-hydrogen) atoms. The lowest BCUT2D eigenvalue weighted by Gasteiger charge is -2.15. The molecule has 1 fully saturated rings. The minimum Gasteiger partial charge on any atom is -0.478 e. The van der Waals surface area contributed by atoms with Gasteiger partial charge in [-0.3, -0.25) is 15.2 Å². The average molecular weight is 446 g/mol. The molecule has 9 heteroatoms. The Morgan fingerprint density at radius 1 is 1.15 bits per heavy atom. The lowest BCUT2D eigenvalue weighted by molar-refractivity contribution is -0.143. The third-order valence-electron chi connectivity index (χ3n) is 5.53. The van der Waals surface area contributed by atoms with E-state index in [4.69, 9.17) is 9.84 Å². The number of fused-ring (bicyclic) bond motifs is 1. The van der Waals surface area contributed by atoms with Crippen molar-refractivity contribution in [2.75, 3.05) is 19.2 Å². The number of carboxylic acid groups (broad SMARTS) is 1. The van der Waals surface area contributed by atoms with E-state index in [1.807, 2.05) is 35.0 Å². The Balaban J connectivity index is 1.76. The van der Waals surface area contributed by atoms with Crippen LogP contribution in [0.15, 0.2) is 65.3 Å². The second-order valence-corrected chi connectivity index (χ2v) is 7.44. The van der Waals surface area contributed by atoms with Gasteiger partial charge in [0.05, 0.1) is 23.9 Å². The number of hydrogen-bond donors (Lipinski definition) is 2. The van der Waals surface area contributed by atoms with Gasteiger partial charge in [-0.1, -0.05) is 18.2 Å². The minimum absolute atomic E-state index is 0.123. The Bertz CT molecular complexity index is 1320. The molecule has 0 radical (unpaired) electrons. The molecule has 3 aromatic rings. The highest BCUT2D eigenvalue weighted by Gasteiger charge is 2.33. The van der Waals surface area contributed by atoms with Gasteiger partial charge in [-0.2, -0.15) is 0 Å². The Morgan fingerprint density at radius 3 is 2.48 bits per heavy atom. The number of para-hydroxylation sites is 1. The number of rotatable bonds is 5. The summed E-state index contributed by atoms with van der Waals surface area (Å²) in [7, 11) is 2.92. The molecule has 0 aliphatic carbocycles. The number of aromatic carboxylic acids is 1. The van der Waals surface area contributed by atoms with Crippen LogP contribution in [0.2, 0.25) is 0 Å². The molecule has 4 rings (SSSR count). The lowest BCUT2D eigenvalue weighted by Crippen LogP contribution is -2.35. The van der Waals surface area contributed by atoms with Crippen LogP contribution in [0.3, 0.4) is 0 Å². The van der Waals surface area contributed by atoms with E-state index in [9.17, 15) is 14.4 Å². The van der Waals surface area contributed by atoms with Crippen molar-refractivity contribution in [1.82, 2.24) is 9.99 Å². The molecule has 0 saturated carbocycles. The highest BCUT2D eigenvalue weighted by Crippen LogP contribution is 2.29. The number of anilines is 1. The number of nitrogens with one attached hydrogen (secondary N) is 1. The molecule has 1 amide bonds. The van der Waals surface area contributed by atoms with Gasteiger partial charge in [0.1, 0.15) is 6.04 Å². The van der Waals surface area contributed by atoms with Gasteiger partial charge in [0, 0.05) is 29.7 Å². The number of nitrogens with zero attached hydrogens (tertiary/aromatic N) is 3. The number of carbonyl (C=O) groups is 3. The van der Waals surface area contributed by atoms with Crippen molar-refractivity contribution in [1.29, 1.82) is 0 Å². The highest BCUT2D eigenvalue weighted by molar-refractivity contribution is 6.33. The summed E-state index contributed by atoms with van der Waals surface area (Å²) < 4.78 is 6.71. The van der Waals surface area contributed by atoms with Crippen LogP contribution in [0.5, 0.6) is 0 Å². The monoisotopic (exact) mass is 446 g/mol. The summed E-state index contributed by atoms with van der Waals surface area (Å²) in [6, 6.07) is 13.0. The lowest BCUT2D eigenvalue weighted by atomic mass is 10.1.